The van der Waals surface area contributed by atoms with Gasteiger partial charge in [0.05, 0.1) is 6.61 Å². The van der Waals surface area contributed by atoms with Crippen LogP contribution in [0.3, 0.4) is 0 Å². The van der Waals surface area contributed by atoms with Gasteiger partial charge in [-0.15, -0.1) is 0 Å². The molecule has 0 spiro atoms. The fourth-order valence-electron chi connectivity index (χ4n) is 2.14. The number of nitrogens with one attached hydrogen (secondary N) is 2. The summed E-state index contributed by atoms with van der Waals surface area (Å²) >= 11 is 0. The predicted octanol–water partition coefficient (Wildman–Crippen LogP) is 1.50. The minimum atomic E-state index is -0.458. The Morgan fingerprint density at radius 2 is 2.17 bits per heavy atom. The Bertz CT molecular complexity index is 669. The van der Waals surface area contributed by atoms with Crippen molar-refractivity contribution >= 4 is 11.6 Å². The highest BCUT2D eigenvalue weighted by molar-refractivity contribution is 5.94. The zero-order chi connectivity index (χ0) is 16.1. The highest BCUT2D eigenvalue weighted by Crippen LogP contribution is 2.20. The maximum atomic E-state index is 12.1. The normalized spacial score (nSPS) is 17.5. The summed E-state index contributed by atoms with van der Waals surface area (Å²) in [5, 5.41) is 5.94. The van der Waals surface area contributed by atoms with E-state index in [1.165, 1.54) is 0 Å². The lowest BCUT2D eigenvalue weighted by molar-refractivity contribution is -0.128. The summed E-state index contributed by atoms with van der Waals surface area (Å²) in [5.74, 6) is 0.442. The smallest absolute Gasteiger partial charge is 0.322 e. The number of hydrogen-bond donors (Lipinski definition) is 2. The molecule has 3 rings (SSSR count). The van der Waals surface area contributed by atoms with Gasteiger partial charge in [0.25, 0.3) is 5.91 Å². The van der Waals surface area contributed by atoms with Gasteiger partial charge >= 0.3 is 6.01 Å². The molecule has 7 nitrogen and oxygen atoms in total. The van der Waals surface area contributed by atoms with E-state index >= 15 is 0 Å². The van der Waals surface area contributed by atoms with Gasteiger partial charge in [0.15, 0.2) is 0 Å². The van der Waals surface area contributed by atoms with Gasteiger partial charge in [0.1, 0.15) is 11.9 Å². The lowest BCUT2D eigenvalue weighted by Gasteiger charge is -2.22. The van der Waals surface area contributed by atoms with E-state index < -0.39 is 6.10 Å². The minimum absolute atomic E-state index is 0.159. The quantitative estimate of drug-likeness (QED) is 0.889. The summed E-state index contributed by atoms with van der Waals surface area (Å²) in [6.07, 6.45) is 1.19. The van der Waals surface area contributed by atoms with Crippen molar-refractivity contribution in [2.24, 2.45) is 0 Å². The van der Waals surface area contributed by atoms with E-state index in [2.05, 4.69) is 20.6 Å². The number of ether oxygens (including phenoxy) is 2. The van der Waals surface area contributed by atoms with Crippen molar-refractivity contribution in [3.05, 3.63) is 42.2 Å². The average molecular weight is 314 g/mol. The van der Waals surface area contributed by atoms with Crippen LogP contribution in [0.4, 0.5) is 5.69 Å². The zero-order valence-electron chi connectivity index (χ0n) is 12.8. The van der Waals surface area contributed by atoms with Crippen LogP contribution < -0.4 is 15.4 Å². The van der Waals surface area contributed by atoms with E-state index in [9.17, 15) is 4.79 Å². The predicted molar refractivity (Wildman–Crippen MR) is 84.5 cm³/mol. The van der Waals surface area contributed by atoms with Crippen LogP contribution in [0.25, 0.3) is 0 Å². The first-order chi connectivity index (χ1) is 11.2. The number of hydrogen-bond acceptors (Lipinski definition) is 6. The van der Waals surface area contributed by atoms with Crippen LogP contribution in [-0.4, -0.2) is 41.7 Å². The van der Waals surface area contributed by atoms with Gasteiger partial charge in [-0.1, -0.05) is 0 Å². The SMILES string of the molecule is Cc1ccnc(Oc2ccc(NC(=O)C3CNCCO3)cc2)n1. The standard InChI is InChI=1S/C16H18N4O3/c1-11-6-7-18-16(19-11)23-13-4-2-12(3-5-13)20-15(21)14-10-17-8-9-22-14/h2-7,14,17H,8-10H2,1H3,(H,20,21). The maximum Gasteiger partial charge on any atom is 0.322 e. The molecule has 23 heavy (non-hydrogen) atoms. The lowest BCUT2D eigenvalue weighted by Crippen LogP contribution is -2.45. The number of nitrogens with zero attached hydrogens (tertiary/aromatic N) is 2. The van der Waals surface area contributed by atoms with Crippen LogP contribution in [0.15, 0.2) is 36.5 Å². The highest BCUT2D eigenvalue weighted by atomic mass is 16.5. The van der Waals surface area contributed by atoms with Gasteiger partial charge in [-0.3, -0.25) is 4.79 Å². The molecule has 0 saturated carbocycles. The van der Waals surface area contributed by atoms with E-state index in [0.717, 1.165) is 12.2 Å². The van der Waals surface area contributed by atoms with Crippen molar-refractivity contribution < 1.29 is 14.3 Å². The van der Waals surface area contributed by atoms with Crippen molar-refractivity contribution in [3.8, 4) is 11.8 Å². The third-order valence-corrected chi connectivity index (χ3v) is 3.32. The topological polar surface area (TPSA) is 85.4 Å². The number of anilines is 1. The van der Waals surface area contributed by atoms with E-state index in [0.29, 0.717) is 30.6 Å². The van der Waals surface area contributed by atoms with Crippen LogP contribution in [0, 0.1) is 6.92 Å². The summed E-state index contributed by atoms with van der Waals surface area (Å²) in [6.45, 7) is 3.71. The summed E-state index contributed by atoms with van der Waals surface area (Å²) in [7, 11) is 0. The van der Waals surface area contributed by atoms with Crippen LogP contribution in [0.2, 0.25) is 0 Å². The molecule has 1 saturated heterocycles. The summed E-state index contributed by atoms with van der Waals surface area (Å²) < 4.78 is 11.0. The molecule has 1 fully saturated rings. The fourth-order valence-corrected chi connectivity index (χ4v) is 2.14. The Hall–Kier alpha value is -2.51. The van der Waals surface area contributed by atoms with Gasteiger partial charge in [0.2, 0.25) is 0 Å². The molecule has 2 heterocycles. The molecule has 1 aliphatic heterocycles. The Morgan fingerprint density at radius 3 is 2.87 bits per heavy atom. The number of carbonyl (C=O) groups excluding carboxylic acids is 1. The number of morpholine rings is 1. The third kappa shape index (κ3) is 4.24. The van der Waals surface area contributed by atoms with Crippen molar-refractivity contribution in [3.63, 3.8) is 0 Å². The molecule has 0 bridgehead atoms. The van der Waals surface area contributed by atoms with Crippen LogP contribution in [-0.2, 0) is 9.53 Å². The molecule has 0 radical (unpaired) electrons. The Labute approximate surface area is 134 Å². The molecule has 120 valence electrons. The molecule has 2 N–H and O–H groups in total. The molecule has 1 atom stereocenters. The first-order valence-corrected chi connectivity index (χ1v) is 7.41. The van der Waals surface area contributed by atoms with Crippen LogP contribution >= 0.6 is 0 Å². The van der Waals surface area contributed by atoms with Gasteiger partial charge < -0.3 is 20.1 Å². The zero-order valence-corrected chi connectivity index (χ0v) is 12.8. The second-order valence-electron chi connectivity index (χ2n) is 5.16. The van der Waals surface area contributed by atoms with Gasteiger partial charge in [-0.25, -0.2) is 9.97 Å². The maximum absolute atomic E-state index is 12.1. The molecule has 1 unspecified atom stereocenters. The van der Waals surface area contributed by atoms with Crippen LogP contribution in [0.1, 0.15) is 5.69 Å². The number of amides is 1. The fraction of sp³-hybridized carbons (Fsp3) is 0.312. The Kier molecular flexibility index (Phi) is 4.80. The molecule has 2 aromatic rings. The van der Waals surface area contributed by atoms with Gasteiger partial charge in [-0.2, -0.15) is 0 Å². The summed E-state index contributed by atoms with van der Waals surface area (Å²) in [5.41, 5.74) is 1.52. The van der Waals surface area contributed by atoms with E-state index in [-0.39, 0.29) is 5.91 Å². The first-order valence-electron chi connectivity index (χ1n) is 7.41. The largest absolute Gasteiger partial charge is 0.424 e. The van der Waals surface area contributed by atoms with Crippen molar-refractivity contribution in [2.45, 2.75) is 13.0 Å². The molecule has 1 aromatic heterocycles. The molecule has 1 aromatic carbocycles. The third-order valence-electron chi connectivity index (χ3n) is 3.32. The molecule has 7 heteroatoms. The van der Waals surface area contributed by atoms with Gasteiger partial charge in [0, 0.05) is 30.7 Å². The summed E-state index contributed by atoms with van der Waals surface area (Å²) in [6, 6.07) is 9.12. The minimum Gasteiger partial charge on any atom is -0.424 e. The van der Waals surface area contributed by atoms with E-state index in [1.807, 2.05) is 6.92 Å². The van der Waals surface area contributed by atoms with Gasteiger partial charge in [-0.05, 0) is 37.3 Å². The van der Waals surface area contributed by atoms with Crippen LogP contribution in [0.5, 0.6) is 11.8 Å². The lowest BCUT2D eigenvalue weighted by atomic mass is 10.2. The highest BCUT2D eigenvalue weighted by Gasteiger charge is 2.21. The first kappa shape index (κ1) is 15.4. The molecule has 0 aliphatic carbocycles. The Balaban J connectivity index is 1.59. The number of carbonyl (C=O) groups is 1. The molecular formula is C16H18N4O3. The number of rotatable bonds is 4. The second kappa shape index (κ2) is 7.17. The molecule has 1 amide bonds. The van der Waals surface area contributed by atoms with E-state index in [4.69, 9.17) is 9.47 Å². The number of aromatic nitrogens is 2. The monoisotopic (exact) mass is 314 g/mol. The number of benzene rings is 1. The molecular weight excluding hydrogens is 296 g/mol. The average Bonchev–Trinajstić information content (AvgIpc) is 2.57. The van der Waals surface area contributed by atoms with Crippen molar-refractivity contribution in [1.29, 1.82) is 0 Å². The van der Waals surface area contributed by atoms with Crippen molar-refractivity contribution in [2.75, 3.05) is 25.0 Å². The Morgan fingerprint density at radius 1 is 1.35 bits per heavy atom. The van der Waals surface area contributed by atoms with E-state index in [1.54, 1.807) is 36.5 Å². The summed E-state index contributed by atoms with van der Waals surface area (Å²) in [4.78, 5) is 20.3. The van der Waals surface area contributed by atoms with Crippen molar-refractivity contribution in [1.82, 2.24) is 15.3 Å². The second-order valence-corrected chi connectivity index (χ2v) is 5.16. The number of aryl methyl sites for hydroxylation is 1. The molecule has 1 aliphatic rings.